The number of hydrogen-bond acceptors (Lipinski definition) is 3. The van der Waals surface area contributed by atoms with Gasteiger partial charge in [0.05, 0.1) is 0 Å². The van der Waals surface area contributed by atoms with Crippen LogP contribution in [0.1, 0.15) is 45.5 Å². The molecule has 1 saturated heterocycles. The summed E-state index contributed by atoms with van der Waals surface area (Å²) in [6, 6.07) is 20.3. The molecular weight excluding hydrogens is 330 g/mol. The van der Waals surface area contributed by atoms with Crippen molar-refractivity contribution in [3.63, 3.8) is 0 Å². The molecule has 0 amide bonds. The summed E-state index contributed by atoms with van der Waals surface area (Å²) < 4.78 is 0. The summed E-state index contributed by atoms with van der Waals surface area (Å²) in [5, 5.41) is 0. The van der Waals surface area contributed by atoms with E-state index in [0.717, 1.165) is 30.4 Å². The first kappa shape index (κ1) is 15.4. The molecule has 3 aromatic rings. The van der Waals surface area contributed by atoms with Crippen LogP contribution in [0, 0.1) is 25.7 Å². The van der Waals surface area contributed by atoms with E-state index in [4.69, 9.17) is 9.97 Å². The van der Waals surface area contributed by atoms with Gasteiger partial charge >= 0.3 is 0 Å². The van der Waals surface area contributed by atoms with Gasteiger partial charge in [-0.2, -0.15) is 0 Å². The predicted molar refractivity (Wildman–Crippen MR) is 107 cm³/mol. The van der Waals surface area contributed by atoms with Crippen LogP contribution in [0.4, 0.5) is 5.95 Å². The average Bonchev–Trinajstić information content (AvgIpc) is 3.12. The van der Waals surface area contributed by atoms with Gasteiger partial charge in [0, 0.05) is 36.3 Å². The van der Waals surface area contributed by atoms with Crippen molar-refractivity contribution in [3.05, 3.63) is 88.2 Å². The second-order valence-electron chi connectivity index (χ2n) is 8.40. The summed E-state index contributed by atoms with van der Waals surface area (Å²) >= 11 is 0. The quantitative estimate of drug-likeness (QED) is 0.648. The Balaban J connectivity index is 1.48. The summed E-state index contributed by atoms with van der Waals surface area (Å²) in [5.41, 5.74) is 8.30. The number of aromatic nitrogens is 2. The lowest BCUT2D eigenvalue weighted by Crippen LogP contribution is -2.39. The minimum Gasteiger partial charge on any atom is -0.340 e. The second-order valence-corrected chi connectivity index (χ2v) is 8.40. The number of anilines is 1. The van der Waals surface area contributed by atoms with Crippen molar-refractivity contribution in [2.24, 2.45) is 11.8 Å². The van der Waals surface area contributed by atoms with Crippen molar-refractivity contribution >= 4 is 5.95 Å². The van der Waals surface area contributed by atoms with Gasteiger partial charge in [0.2, 0.25) is 5.95 Å². The maximum absolute atomic E-state index is 4.76. The zero-order valence-corrected chi connectivity index (χ0v) is 15.8. The fourth-order valence-electron chi connectivity index (χ4n) is 5.98. The van der Waals surface area contributed by atoms with E-state index >= 15 is 0 Å². The van der Waals surface area contributed by atoms with E-state index in [1.807, 2.05) is 0 Å². The number of nitrogens with zero attached hydrogens (tertiary/aromatic N) is 3. The van der Waals surface area contributed by atoms with Crippen LogP contribution >= 0.6 is 0 Å². The molecule has 134 valence electrons. The topological polar surface area (TPSA) is 29.0 Å². The van der Waals surface area contributed by atoms with Gasteiger partial charge in [-0.1, -0.05) is 48.5 Å². The van der Waals surface area contributed by atoms with Crippen LogP contribution in [0.2, 0.25) is 0 Å². The van der Waals surface area contributed by atoms with Crippen LogP contribution in [0.5, 0.6) is 0 Å². The van der Waals surface area contributed by atoms with Crippen LogP contribution in [0.15, 0.2) is 54.6 Å². The van der Waals surface area contributed by atoms with E-state index in [2.05, 4.69) is 73.3 Å². The smallest absolute Gasteiger partial charge is 0.225 e. The highest BCUT2D eigenvalue weighted by Gasteiger charge is 2.53. The van der Waals surface area contributed by atoms with Crippen molar-refractivity contribution in [2.75, 3.05) is 18.0 Å². The van der Waals surface area contributed by atoms with Crippen molar-refractivity contribution < 1.29 is 0 Å². The molecule has 0 saturated carbocycles. The maximum Gasteiger partial charge on any atom is 0.225 e. The van der Waals surface area contributed by atoms with E-state index in [1.165, 1.54) is 0 Å². The highest BCUT2D eigenvalue weighted by Crippen LogP contribution is 2.60. The van der Waals surface area contributed by atoms with E-state index in [-0.39, 0.29) is 0 Å². The third kappa shape index (κ3) is 2.08. The van der Waals surface area contributed by atoms with Gasteiger partial charge in [0.25, 0.3) is 0 Å². The van der Waals surface area contributed by atoms with Crippen molar-refractivity contribution in [1.29, 1.82) is 0 Å². The molecule has 0 N–H and O–H groups in total. The molecule has 2 aromatic carbocycles. The molecular formula is C24H23N3. The third-order valence-corrected chi connectivity index (χ3v) is 6.85. The van der Waals surface area contributed by atoms with E-state index < -0.39 is 0 Å². The van der Waals surface area contributed by atoms with Crippen LogP contribution in [0.25, 0.3) is 0 Å². The largest absolute Gasteiger partial charge is 0.340 e. The summed E-state index contributed by atoms with van der Waals surface area (Å²) in [4.78, 5) is 12.0. The Labute approximate surface area is 160 Å². The van der Waals surface area contributed by atoms with E-state index in [9.17, 15) is 0 Å². The number of aryl methyl sites for hydroxylation is 2. The average molecular weight is 353 g/mol. The molecule has 2 heterocycles. The molecule has 3 heteroatoms. The minimum atomic E-state index is 0.503. The van der Waals surface area contributed by atoms with Crippen molar-refractivity contribution in [1.82, 2.24) is 9.97 Å². The van der Waals surface area contributed by atoms with E-state index in [1.54, 1.807) is 22.3 Å². The maximum atomic E-state index is 4.76. The molecule has 1 fully saturated rings. The first-order valence-electron chi connectivity index (χ1n) is 9.95. The van der Waals surface area contributed by atoms with Crippen molar-refractivity contribution in [2.45, 2.75) is 25.7 Å². The Kier molecular flexibility index (Phi) is 3.09. The molecule has 0 spiro atoms. The fraction of sp³-hybridized carbons (Fsp3) is 0.333. The Morgan fingerprint density at radius 1 is 0.704 bits per heavy atom. The van der Waals surface area contributed by atoms with Gasteiger partial charge in [-0.15, -0.1) is 0 Å². The number of benzene rings is 2. The summed E-state index contributed by atoms with van der Waals surface area (Å²) in [6.45, 7) is 6.24. The number of hydrogen-bond donors (Lipinski definition) is 0. The second kappa shape index (κ2) is 5.41. The van der Waals surface area contributed by atoms with Crippen LogP contribution in [-0.4, -0.2) is 23.1 Å². The number of rotatable bonds is 1. The molecule has 1 aliphatic heterocycles. The normalized spacial score (nSPS) is 27.3. The van der Waals surface area contributed by atoms with Gasteiger partial charge in [-0.25, -0.2) is 9.97 Å². The zero-order chi connectivity index (χ0) is 18.1. The highest BCUT2D eigenvalue weighted by atomic mass is 15.3. The monoisotopic (exact) mass is 353 g/mol. The molecule has 2 bridgehead atoms. The molecule has 2 unspecified atom stereocenters. The van der Waals surface area contributed by atoms with Gasteiger partial charge in [0.1, 0.15) is 0 Å². The summed E-state index contributed by atoms with van der Waals surface area (Å²) in [6.07, 6.45) is 0. The molecule has 3 nitrogen and oxygen atoms in total. The lowest BCUT2D eigenvalue weighted by Gasteiger charge is -2.47. The SMILES string of the molecule is Cc1cc(C)nc(N2CC3C4c5ccccc5C(c5ccccc54)C3C2)n1. The van der Waals surface area contributed by atoms with Gasteiger partial charge < -0.3 is 4.90 Å². The third-order valence-electron chi connectivity index (χ3n) is 6.85. The first-order chi connectivity index (χ1) is 13.2. The Morgan fingerprint density at radius 3 is 1.52 bits per heavy atom. The fourth-order valence-corrected chi connectivity index (χ4v) is 5.98. The van der Waals surface area contributed by atoms with Gasteiger partial charge in [-0.3, -0.25) is 0 Å². The standard InChI is InChI=1S/C24H23N3/c1-14-11-15(2)26-24(25-14)27-12-20-21(13-27)23-17-8-4-3-7-16(17)22(20)18-9-5-6-10-19(18)23/h3-11,20-23H,12-13H2,1-2H3. The Morgan fingerprint density at radius 2 is 1.11 bits per heavy atom. The highest BCUT2D eigenvalue weighted by molar-refractivity contribution is 5.58. The van der Waals surface area contributed by atoms with E-state index in [0.29, 0.717) is 23.7 Å². The molecule has 0 radical (unpaired) electrons. The summed E-state index contributed by atoms with van der Waals surface area (Å²) in [7, 11) is 0. The lowest BCUT2D eigenvalue weighted by atomic mass is 9.55. The van der Waals surface area contributed by atoms with Gasteiger partial charge in [-0.05, 0) is 54.0 Å². The molecule has 2 atom stereocenters. The molecule has 3 aliphatic carbocycles. The summed E-state index contributed by atoms with van der Waals surface area (Å²) in [5.74, 6) is 3.20. The Hall–Kier alpha value is -2.68. The van der Waals surface area contributed by atoms with Crippen LogP contribution in [-0.2, 0) is 0 Å². The molecule has 7 rings (SSSR count). The molecule has 27 heavy (non-hydrogen) atoms. The molecule has 1 aromatic heterocycles. The zero-order valence-electron chi connectivity index (χ0n) is 15.8. The van der Waals surface area contributed by atoms with Crippen molar-refractivity contribution in [3.8, 4) is 0 Å². The van der Waals surface area contributed by atoms with Gasteiger partial charge in [0.15, 0.2) is 0 Å². The van der Waals surface area contributed by atoms with Crippen LogP contribution in [0.3, 0.4) is 0 Å². The predicted octanol–water partition coefficient (Wildman–Crippen LogP) is 4.44. The van der Waals surface area contributed by atoms with Crippen LogP contribution < -0.4 is 4.90 Å². The first-order valence-corrected chi connectivity index (χ1v) is 9.95. The lowest BCUT2D eigenvalue weighted by molar-refractivity contribution is 0.294. The molecule has 4 aliphatic rings. The minimum absolute atomic E-state index is 0.503. The Bertz CT molecular complexity index is 931.